The molecule has 0 spiro atoms. The Morgan fingerprint density at radius 3 is 2.69 bits per heavy atom. The van der Waals surface area contributed by atoms with Gasteiger partial charge in [-0.2, -0.15) is 4.98 Å². The predicted octanol–water partition coefficient (Wildman–Crippen LogP) is 4.51. The van der Waals surface area contributed by atoms with Gasteiger partial charge in [0.1, 0.15) is 12.0 Å². The van der Waals surface area contributed by atoms with Crippen molar-refractivity contribution in [2.75, 3.05) is 0 Å². The molecule has 0 atom stereocenters. The topological polar surface area (TPSA) is 35.3 Å². The van der Waals surface area contributed by atoms with E-state index in [1.165, 1.54) is 6.26 Å². The molecule has 16 heavy (non-hydrogen) atoms. The molecular formula is C10H6Cl3NO2. The molecule has 1 aromatic carbocycles. The summed E-state index contributed by atoms with van der Waals surface area (Å²) >= 11 is 17.2. The third kappa shape index (κ3) is 2.61. The van der Waals surface area contributed by atoms with Crippen LogP contribution < -0.4 is 4.74 Å². The zero-order chi connectivity index (χ0) is 11.5. The first-order valence-corrected chi connectivity index (χ1v) is 5.61. The molecule has 3 nitrogen and oxygen atoms in total. The van der Waals surface area contributed by atoms with Crippen LogP contribution in [0.3, 0.4) is 0 Å². The van der Waals surface area contributed by atoms with Crippen LogP contribution >= 0.6 is 34.8 Å². The minimum absolute atomic E-state index is 0.119. The SMILES string of the molecule is ClCc1coc(Oc2ccc(Cl)c(Cl)c2)n1. The van der Waals surface area contributed by atoms with Gasteiger partial charge in [0.25, 0.3) is 0 Å². The van der Waals surface area contributed by atoms with E-state index >= 15 is 0 Å². The Morgan fingerprint density at radius 1 is 1.25 bits per heavy atom. The van der Waals surface area contributed by atoms with Crippen LogP contribution in [0, 0.1) is 0 Å². The third-order valence-corrected chi connectivity index (χ3v) is 2.78. The van der Waals surface area contributed by atoms with Gasteiger partial charge in [-0.15, -0.1) is 11.6 Å². The molecule has 6 heteroatoms. The van der Waals surface area contributed by atoms with Gasteiger partial charge in [-0.05, 0) is 12.1 Å². The van der Waals surface area contributed by atoms with Crippen molar-refractivity contribution >= 4 is 34.8 Å². The molecule has 1 aromatic heterocycles. The van der Waals surface area contributed by atoms with Gasteiger partial charge in [0.05, 0.1) is 21.6 Å². The van der Waals surface area contributed by atoms with E-state index in [4.69, 9.17) is 44.0 Å². The number of rotatable bonds is 3. The molecule has 0 aliphatic rings. The highest BCUT2D eigenvalue weighted by atomic mass is 35.5. The van der Waals surface area contributed by atoms with Crippen LogP contribution in [0.25, 0.3) is 0 Å². The maximum absolute atomic E-state index is 5.83. The monoisotopic (exact) mass is 277 g/mol. The molecule has 0 amide bonds. The van der Waals surface area contributed by atoms with Crippen molar-refractivity contribution in [2.24, 2.45) is 0 Å². The second-order valence-corrected chi connectivity index (χ2v) is 4.00. The first kappa shape index (κ1) is 11.6. The van der Waals surface area contributed by atoms with E-state index in [1.54, 1.807) is 18.2 Å². The Balaban J connectivity index is 2.17. The largest absolute Gasteiger partial charge is 0.417 e. The number of oxazole rings is 1. The van der Waals surface area contributed by atoms with E-state index in [2.05, 4.69) is 4.98 Å². The number of aromatic nitrogens is 1. The van der Waals surface area contributed by atoms with Gasteiger partial charge in [0, 0.05) is 6.07 Å². The summed E-state index contributed by atoms with van der Waals surface area (Å²) in [6.07, 6.45) is 1.55. The molecule has 0 aliphatic carbocycles. The van der Waals surface area contributed by atoms with Crippen molar-refractivity contribution in [3.63, 3.8) is 0 Å². The van der Waals surface area contributed by atoms with Crippen molar-refractivity contribution in [3.05, 3.63) is 40.2 Å². The summed E-state index contributed by atoms with van der Waals surface area (Å²) in [4.78, 5) is 3.98. The minimum Gasteiger partial charge on any atom is -0.417 e. The molecule has 0 saturated carbocycles. The lowest BCUT2D eigenvalue weighted by atomic mass is 10.3. The normalized spacial score (nSPS) is 10.4. The number of halogens is 3. The second kappa shape index (κ2) is 4.95. The Morgan fingerprint density at radius 2 is 2.06 bits per heavy atom. The number of hydrogen-bond donors (Lipinski definition) is 0. The third-order valence-electron chi connectivity index (χ3n) is 1.76. The van der Waals surface area contributed by atoms with Crippen molar-refractivity contribution in [1.29, 1.82) is 0 Å². The lowest BCUT2D eigenvalue weighted by Gasteiger charge is -2.01. The molecule has 84 valence electrons. The molecular weight excluding hydrogens is 272 g/mol. The number of benzene rings is 1. The summed E-state index contributed by atoms with van der Waals surface area (Å²) in [6.45, 7) is 0. The smallest absolute Gasteiger partial charge is 0.399 e. The summed E-state index contributed by atoms with van der Waals surface area (Å²) in [6, 6.07) is 4.87. The molecule has 0 radical (unpaired) electrons. The summed E-state index contributed by atoms with van der Waals surface area (Å²) < 4.78 is 10.4. The van der Waals surface area contributed by atoms with Crippen molar-refractivity contribution in [2.45, 2.75) is 5.88 Å². The lowest BCUT2D eigenvalue weighted by molar-refractivity contribution is 0.331. The fraction of sp³-hybridized carbons (Fsp3) is 0.100. The highest BCUT2D eigenvalue weighted by molar-refractivity contribution is 6.42. The first-order chi connectivity index (χ1) is 7.69. The van der Waals surface area contributed by atoms with E-state index in [-0.39, 0.29) is 12.0 Å². The predicted molar refractivity (Wildman–Crippen MR) is 62.6 cm³/mol. The second-order valence-electron chi connectivity index (χ2n) is 2.92. The summed E-state index contributed by atoms with van der Waals surface area (Å²) in [5, 5.41) is 0.867. The van der Waals surface area contributed by atoms with Gasteiger partial charge in [-0.25, -0.2) is 0 Å². The Hall–Kier alpha value is -0.900. The lowest BCUT2D eigenvalue weighted by Crippen LogP contribution is -1.85. The van der Waals surface area contributed by atoms with Crippen molar-refractivity contribution < 1.29 is 9.15 Å². The van der Waals surface area contributed by atoms with Gasteiger partial charge in [-0.3, -0.25) is 0 Å². The van der Waals surface area contributed by atoms with Crippen LogP contribution in [0.5, 0.6) is 11.8 Å². The maximum atomic E-state index is 5.83. The van der Waals surface area contributed by atoms with Crippen LogP contribution in [-0.4, -0.2) is 4.98 Å². The zero-order valence-electron chi connectivity index (χ0n) is 7.91. The molecule has 2 aromatic rings. The molecule has 2 rings (SSSR count). The Labute approximate surface area is 107 Å². The average Bonchev–Trinajstić information content (AvgIpc) is 2.71. The highest BCUT2D eigenvalue weighted by Gasteiger charge is 2.07. The van der Waals surface area contributed by atoms with Crippen LogP contribution in [0.4, 0.5) is 0 Å². The minimum atomic E-state index is 0.119. The van der Waals surface area contributed by atoms with Gasteiger partial charge in [-0.1, -0.05) is 23.2 Å². The summed E-state index contributed by atoms with van der Waals surface area (Å²) in [5.74, 6) is 0.770. The standard InChI is InChI=1S/C10H6Cl3NO2/c11-4-6-5-15-10(14-6)16-7-1-2-8(12)9(13)3-7/h1-3,5H,4H2. The first-order valence-electron chi connectivity index (χ1n) is 4.32. The summed E-state index contributed by atoms with van der Waals surface area (Å²) in [7, 11) is 0. The van der Waals surface area contributed by atoms with Crippen molar-refractivity contribution in [3.8, 4) is 11.8 Å². The molecule has 0 N–H and O–H groups in total. The van der Waals surface area contributed by atoms with Crippen LogP contribution in [0.1, 0.15) is 5.69 Å². The van der Waals surface area contributed by atoms with Crippen molar-refractivity contribution in [1.82, 2.24) is 4.98 Å². The maximum Gasteiger partial charge on any atom is 0.399 e. The van der Waals surface area contributed by atoms with Crippen LogP contribution in [-0.2, 0) is 5.88 Å². The highest BCUT2D eigenvalue weighted by Crippen LogP contribution is 2.29. The average molecular weight is 279 g/mol. The Kier molecular flexibility index (Phi) is 3.59. The molecule has 0 fully saturated rings. The number of nitrogens with zero attached hydrogens (tertiary/aromatic N) is 1. The number of hydrogen-bond acceptors (Lipinski definition) is 3. The quantitative estimate of drug-likeness (QED) is 0.775. The van der Waals surface area contributed by atoms with E-state index in [9.17, 15) is 0 Å². The van der Waals surface area contributed by atoms with E-state index in [0.29, 0.717) is 21.5 Å². The van der Waals surface area contributed by atoms with E-state index in [1.807, 2.05) is 0 Å². The van der Waals surface area contributed by atoms with Gasteiger partial charge < -0.3 is 9.15 Å². The molecule has 0 saturated heterocycles. The molecule has 0 aliphatic heterocycles. The molecule has 1 heterocycles. The zero-order valence-corrected chi connectivity index (χ0v) is 10.2. The fourth-order valence-corrected chi connectivity index (χ4v) is 1.45. The Bertz CT molecular complexity index is 499. The van der Waals surface area contributed by atoms with Gasteiger partial charge >= 0.3 is 6.08 Å². The van der Waals surface area contributed by atoms with E-state index in [0.717, 1.165) is 0 Å². The number of ether oxygens (including phenoxy) is 1. The van der Waals surface area contributed by atoms with Gasteiger partial charge in [0.15, 0.2) is 0 Å². The number of alkyl halides is 1. The van der Waals surface area contributed by atoms with Crippen LogP contribution in [0.15, 0.2) is 28.9 Å². The summed E-state index contributed by atoms with van der Waals surface area (Å²) in [5.41, 5.74) is 0.608. The molecule has 0 unspecified atom stereocenters. The van der Waals surface area contributed by atoms with Crippen LogP contribution in [0.2, 0.25) is 10.0 Å². The van der Waals surface area contributed by atoms with E-state index < -0.39 is 0 Å². The van der Waals surface area contributed by atoms with Gasteiger partial charge in [0.2, 0.25) is 0 Å². The molecule has 0 bridgehead atoms. The fourth-order valence-electron chi connectivity index (χ4n) is 1.04.